The van der Waals surface area contributed by atoms with Crippen LogP contribution in [0.3, 0.4) is 0 Å². The van der Waals surface area contributed by atoms with Gasteiger partial charge in [-0.2, -0.15) is 0 Å². The zero-order valence-electron chi connectivity index (χ0n) is 10.3. The standard InChI is InChI=1S/C14H10ClNO4/c15-14(17)13-8-11(16(18)19)7-6-10(13)9-20-12-4-2-1-3-5-12/h1-8H,9H2. The number of nitrogens with zero attached hydrogens (tertiary/aromatic N) is 1. The molecular weight excluding hydrogens is 282 g/mol. The molecule has 0 saturated carbocycles. The molecule has 0 bridgehead atoms. The summed E-state index contributed by atoms with van der Waals surface area (Å²) in [6, 6.07) is 13.0. The molecule has 0 aliphatic carbocycles. The van der Waals surface area contributed by atoms with Crippen LogP contribution in [0.5, 0.6) is 5.75 Å². The highest BCUT2D eigenvalue weighted by atomic mass is 35.5. The fourth-order valence-electron chi connectivity index (χ4n) is 1.66. The maximum Gasteiger partial charge on any atom is 0.270 e. The van der Waals surface area contributed by atoms with Crippen LogP contribution in [0.1, 0.15) is 15.9 Å². The average molecular weight is 292 g/mol. The summed E-state index contributed by atoms with van der Waals surface area (Å²) in [5, 5.41) is 9.94. The van der Waals surface area contributed by atoms with Crippen molar-refractivity contribution in [1.29, 1.82) is 0 Å². The Kier molecular flexibility index (Phi) is 4.32. The highest BCUT2D eigenvalue weighted by Gasteiger charge is 2.15. The Bertz CT molecular complexity index is 643. The van der Waals surface area contributed by atoms with E-state index in [0.29, 0.717) is 11.3 Å². The second kappa shape index (κ2) is 6.16. The smallest absolute Gasteiger partial charge is 0.270 e. The van der Waals surface area contributed by atoms with Crippen molar-refractivity contribution in [3.63, 3.8) is 0 Å². The fourth-order valence-corrected chi connectivity index (χ4v) is 1.84. The largest absolute Gasteiger partial charge is 0.489 e. The van der Waals surface area contributed by atoms with Crippen molar-refractivity contribution in [2.75, 3.05) is 0 Å². The number of para-hydroxylation sites is 1. The molecule has 0 amide bonds. The van der Waals surface area contributed by atoms with Gasteiger partial charge in [-0.1, -0.05) is 18.2 Å². The molecule has 2 rings (SSSR count). The maximum atomic E-state index is 11.3. The average Bonchev–Trinajstić information content (AvgIpc) is 2.45. The molecule has 2 aromatic carbocycles. The number of non-ortho nitro benzene ring substituents is 1. The van der Waals surface area contributed by atoms with Gasteiger partial charge in [0.2, 0.25) is 0 Å². The van der Waals surface area contributed by atoms with Crippen LogP contribution in [0.2, 0.25) is 0 Å². The minimum absolute atomic E-state index is 0.0804. The number of nitro benzene ring substituents is 1. The summed E-state index contributed by atoms with van der Waals surface area (Å²) in [6.07, 6.45) is 0. The van der Waals surface area contributed by atoms with E-state index in [1.165, 1.54) is 12.1 Å². The van der Waals surface area contributed by atoms with Gasteiger partial charge in [-0.3, -0.25) is 14.9 Å². The summed E-state index contributed by atoms with van der Waals surface area (Å²) in [4.78, 5) is 21.4. The van der Waals surface area contributed by atoms with Gasteiger partial charge in [-0.25, -0.2) is 0 Å². The molecule has 0 fully saturated rings. The Balaban J connectivity index is 2.23. The Morgan fingerprint density at radius 3 is 2.50 bits per heavy atom. The highest BCUT2D eigenvalue weighted by molar-refractivity contribution is 6.68. The van der Waals surface area contributed by atoms with Crippen molar-refractivity contribution >= 4 is 22.5 Å². The second-order valence-electron chi connectivity index (χ2n) is 3.97. The van der Waals surface area contributed by atoms with E-state index in [-0.39, 0.29) is 17.9 Å². The molecule has 0 aliphatic rings. The molecule has 0 heterocycles. The fraction of sp³-hybridized carbons (Fsp3) is 0.0714. The summed E-state index contributed by atoms with van der Waals surface area (Å²) < 4.78 is 5.50. The summed E-state index contributed by atoms with van der Waals surface area (Å²) in [6.45, 7) is 0.107. The predicted molar refractivity (Wildman–Crippen MR) is 74.1 cm³/mol. The van der Waals surface area contributed by atoms with E-state index in [2.05, 4.69) is 0 Å². The third-order valence-electron chi connectivity index (χ3n) is 2.65. The number of rotatable bonds is 5. The van der Waals surface area contributed by atoms with Gasteiger partial charge >= 0.3 is 0 Å². The highest BCUT2D eigenvalue weighted by Crippen LogP contribution is 2.21. The number of nitro groups is 1. The van der Waals surface area contributed by atoms with E-state index in [1.54, 1.807) is 12.1 Å². The van der Waals surface area contributed by atoms with Gasteiger partial charge in [-0.15, -0.1) is 0 Å². The van der Waals surface area contributed by atoms with Crippen molar-refractivity contribution in [2.24, 2.45) is 0 Å². The molecule has 102 valence electrons. The second-order valence-corrected chi connectivity index (χ2v) is 4.32. The Hall–Kier alpha value is -2.40. The van der Waals surface area contributed by atoms with Crippen LogP contribution >= 0.6 is 11.6 Å². The van der Waals surface area contributed by atoms with Crippen LogP contribution in [0, 0.1) is 10.1 Å². The molecule has 0 aliphatic heterocycles. The van der Waals surface area contributed by atoms with Crippen molar-refractivity contribution in [3.8, 4) is 5.75 Å². The third kappa shape index (κ3) is 3.33. The van der Waals surface area contributed by atoms with Gasteiger partial charge in [0.25, 0.3) is 10.9 Å². The van der Waals surface area contributed by atoms with Crippen LogP contribution < -0.4 is 4.74 Å². The van der Waals surface area contributed by atoms with Crippen molar-refractivity contribution in [3.05, 3.63) is 69.8 Å². The first kappa shape index (κ1) is 14.0. The van der Waals surface area contributed by atoms with Gasteiger partial charge < -0.3 is 4.74 Å². The quantitative estimate of drug-likeness (QED) is 0.480. The Morgan fingerprint density at radius 1 is 1.20 bits per heavy atom. The number of hydrogen-bond acceptors (Lipinski definition) is 4. The van der Waals surface area contributed by atoms with Crippen LogP contribution in [0.25, 0.3) is 0 Å². The monoisotopic (exact) mass is 291 g/mol. The zero-order chi connectivity index (χ0) is 14.5. The van der Waals surface area contributed by atoms with E-state index < -0.39 is 10.2 Å². The summed E-state index contributed by atoms with van der Waals surface area (Å²) >= 11 is 5.45. The first-order valence-corrected chi connectivity index (χ1v) is 6.10. The van der Waals surface area contributed by atoms with Gasteiger partial charge in [0.15, 0.2) is 0 Å². The van der Waals surface area contributed by atoms with E-state index in [9.17, 15) is 14.9 Å². The number of carbonyl (C=O) groups excluding carboxylic acids is 1. The minimum Gasteiger partial charge on any atom is -0.489 e. The molecule has 5 nitrogen and oxygen atoms in total. The lowest BCUT2D eigenvalue weighted by molar-refractivity contribution is -0.384. The molecule has 0 unspecified atom stereocenters. The number of benzene rings is 2. The molecule has 2 aromatic rings. The van der Waals surface area contributed by atoms with Gasteiger partial charge in [0.05, 0.1) is 4.92 Å². The topological polar surface area (TPSA) is 69.4 Å². The third-order valence-corrected chi connectivity index (χ3v) is 2.86. The lowest BCUT2D eigenvalue weighted by Gasteiger charge is -2.08. The van der Waals surface area contributed by atoms with Crippen molar-refractivity contribution in [2.45, 2.75) is 6.61 Å². The number of ether oxygens (including phenoxy) is 1. The zero-order valence-corrected chi connectivity index (χ0v) is 11.0. The lowest BCUT2D eigenvalue weighted by Crippen LogP contribution is -2.03. The number of carbonyl (C=O) groups is 1. The van der Waals surface area contributed by atoms with Gasteiger partial charge in [0, 0.05) is 23.3 Å². The molecule has 0 radical (unpaired) electrons. The molecule has 6 heteroatoms. The predicted octanol–water partition coefficient (Wildman–Crippen LogP) is 3.55. The molecule has 0 spiro atoms. The normalized spacial score (nSPS) is 10.1. The van der Waals surface area contributed by atoms with E-state index in [1.807, 2.05) is 18.2 Å². The van der Waals surface area contributed by atoms with Crippen LogP contribution in [-0.2, 0) is 6.61 Å². The number of halogens is 1. The van der Waals surface area contributed by atoms with E-state index >= 15 is 0 Å². The van der Waals surface area contributed by atoms with Crippen molar-refractivity contribution in [1.82, 2.24) is 0 Å². The first-order valence-electron chi connectivity index (χ1n) is 5.73. The van der Waals surface area contributed by atoms with Crippen LogP contribution in [0.15, 0.2) is 48.5 Å². The minimum atomic E-state index is -0.750. The Labute approximate surface area is 119 Å². The van der Waals surface area contributed by atoms with Crippen molar-refractivity contribution < 1.29 is 14.5 Å². The first-order chi connectivity index (χ1) is 9.58. The van der Waals surface area contributed by atoms with E-state index in [4.69, 9.17) is 16.3 Å². The molecule has 0 atom stereocenters. The van der Waals surface area contributed by atoms with Crippen LogP contribution in [0.4, 0.5) is 5.69 Å². The lowest BCUT2D eigenvalue weighted by atomic mass is 10.1. The molecule has 20 heavy (non-hydrogen) atoms. The summed E-state index contributed by atoms with van der Waals surface area (Å²) in [7, 11) is 0. The summed E-state index contributed by atoms with van der Waals surface area (Å²) in [5.41, 5.74) is 0.397. The Morgan fingerprint density at radius 2 is 1.90 bits per heavy atom. The molecule has 0 aromatic heterocycles. The molecule has 0 saturated heterocycles. The molecular formula is C14H10ClNO4. The SMILES string of the molecule is O=C(Cl)c1cc([N+](=O)[O-])ccc1COc1ccccc1. The van der Waals surface area contributed by atoms with Crippen LogP contribution in [-0.4, -0.2) is 10.2 Å². The number of hydrogen-bond donors (Lipinski definition) is 0. The molecule has 0 N–H and O–H groups in total. The van der Waals surface area contributed by atoms with Gasteiger partial charge in [-0.05, 0) is 29.8 Å². The van der Waals surface area contributed by atoms with Gasteiger partial charge in [0.1, 0.15) is 12.4 Å². The van der Waals surface area contributed by atoms with E-state index in [0.717, 1.165) is 6.07 Å². The maximum absolute atomic E-state index is 11.3. The summed E-state index contributed by atoms with van der Waals surface area (Å²) in [5.74, 6) is 0.638.